The first-order chi connectivity index (χ1) is 20.9. The van der Waals surface area contributed by atoms with Crippen LogP contribution in [0.3, 0.4) is 0 Å². The molecule has 1 saturated heterocycles. The number of hydrogen-bond donors (Lipinski definition) is 2. The molecule has 2 N–H and O–H groups in total. The van der Waals surface area contributed by atoms with Gasteiger partial charge in [0.05, 0.1) is 25.1 Å². The number of nitrogens with one attached hydrogen (secondary N) is 2. The molecule has 246 valence electrons. The van der Waals surface area contributed by atoms with Crippen LogP contribution < -0.4 is 20.3 Å². The highest BCUT2D eigenvalue weighted by atomic mass is 16.5. The molecule has 2 heterocycles. The fourth-order valence-corrected chi connectivity index (χ4v) is 6.52. The van der Waals surface area contributed by atoms with Gasteiger partial charge in [-0.1, -0.05) is 52.8 Å². The lowest BCUT2D eigenvalue weighted by molar-refractivity contribution is 0.0599. The highest BCUT2D eigenvalue weighted by Crippen LogP contribution is 2.35. The normalized spacial score (nSPS) is 16.2. The van der Waals surface area contributed by atoms with E-state index in [1.54, 1.807) is 0 Å². The van der Waals surface area contributed by atoms with Crippen molar-refractivity contribution in [1.82, 2.24) is 10.3 Å². The van der Waals surface area contributed by atoms with Crippen LogP contribution in [0, 0.1) is 10.8 Å². The number of aromatic nitrogens is 1. The minimum absolute atomic E-state index is 0.0623. The summed E-state index contributed by atoms with van der Waals surface area (Å²) in [5, 5.41) is 7.51. The maximum absolute atomic E-state index is 6.20. The van der Waals surface area contributed by atoms with Gasteiger partial charge in [0.2, 0.25) is 0 Å². The van der Waals surface area contributed by atoms with Crippen molar-refractivity contribution in [2.24, 2.45) is 10.8 Å². The minimum Gasteiger partial charge on any atom is -0.457 e. The van der Waals surface area contributed by atoms with Crippen LogP contribution in [0.1, 0.15) is 93.3 Å². The van der Waals surface area contributed by atoms with E-state index in [1.807, 2.05) is 24.3 Å². The minimum atomic E-state index is -0.124. The van der Waals surface area contributed by atoms with Crippen LogP contribution in [0.25, 0.3) is 0 Å². The molecule has 0 bridgehead atoms. The Morgan fingerprint density at radius 3 is 2.24 bits per heavy atom. The van der Waals surface area contributed by atoms with E-state index in [2.05, 4.69) is 127 Å². The van der Waals surface area contributed by atoms with Gasteiger partial charge in [0.25, 0.3) is 0 Å². The summed E-state index contributed by atoms with van der Waals surface area (Å²) in [7, 11) is 0. The Bertz CT molecular complexity index is 1350. The van der Waals surface area contributed by atoms with Crippen molar-refractivity contribution in [3.05, 3.63) is 78.1 Å². The van der Waals surface area contributed by atoms with Gasteiger partial charge in [0, 0.05) is 47.7 Å². The number of rotatable bonds is 13. The monoisotopic (exact) mass is 614 g/mol. The molecular weight excluding hydrogens is 556 g/mol. The van der Waals surface area contributed by atoms with Gasteiger partial charge in [-0.3, -0.25) is 4.98 Å². The number of ether oxygens (including phenoxy) is 2. The zero-order valence-corrected chi connectivity index (χ0v) is 29.6. The molecule has 1 aromatic heterocycles. The molecule has 6 nitrogen and oxygen atoms in total. The van der Waals surface area contributed by atoms with E-state index in [1.165, 1.54) is 12.1 Å². The van der Waals surface area contributed by atoms with E-state index < -0.39 is 0 Å². The van der Waals surface area contributed by atoms with Crippen molar-refractivity contribution in [2.45, 2.75) is 112 Å². The molecule has 1 aliphatic rings. The number of benzene rings is 2. The molecule has 1 aliphatic heterocycles. The summed E-state index contributed by atoms with van der Waals surface area (Å²) in [5.41, 5.74) is 4.80. The lowest BCUT2D eigenvalue weighted by Crippen LogP contribution is -2.44. The van der Waals surface area contributed by atoms with E-state index in [4.69, 9.17) is 14.5 Å². The van der Waals surface area contributed by atoms with E-state index in [9.17, 15) is 0 Å². The largest absolute Gasteiger partial charge is 0.457 e. The first-order valence-electron chi connectivity index (χ1n) is 16.6. The highest BCUT2D eigenvalue weighted by molar-refractivity contribution is 5.51. The Kier molecular flexibility index (Phi) is 10.9. The van der Waals surface area contributed by atoms with E-state index in [0.29, 0.717) is 12.6 Å². The summed E-state index contributed by atoms with van der Waals surface area (Å²) in [6.45, 7) is 25.9. The Morgan fingerprint density at radius 1 is 0.867 bits per heavy atom. The van der Waals surface area contributed by atoms with Crippen molar-refractivity contribution in [3.63, 3.8) is 0 Å². The van der Waals surface area contributed by atoms with Gasteiger partial charge in [-0.15, -0.1) is 0 Å². The third-order valence-electron chi connectivity index (χ3n) is 7.86. The van der Waals surface area contributed by atoms with Crippen LogP contribution in [0.5, 0.6) is 11.5 Å². The van der Waals surface area contributed by atoms with Crippen LogP contribution in [-0.4, -0.2) is 41.8 Å². The van der Waals surface area contributed by atoms with E-state index >= 15 is 0 Å². The Balaban J connectivity index is 1.28. The molecule has 0 unspecified atom stereocenters. The van der Waals surface area contributed by atoms with E-state index in [-0.39, 0.29) is 21.9 Å². The standard InChI is InChI=1S/C39H58N4O2/c1-36(2,3)28-44-26-29-14-18-34(19-15-29)45-35-13-11-12-30(22-35)42-39(9,10)27-38(7,8)23-31-16-17-33(24-40-31)43-21-20-32(25-43)41-37(4,5)6/h11-19,22,24,32,41-42H,20-21,23,25-28H2,1-10H3/t32-/m1/s1. The molecule has 0 saturated carbocycles. The maximum atomic E-state index is 6.20. The molecule has 3 aromatic rings. The van der Waals surface area contributed by atoms with Crippen LogP contribution >= 0.6 is 0 Å². The number of hydrogen-bond acceptors (Lipinski definition) is 6. The molecule has 45 heavy (non-hydrogen) atoms. The van der Waals surface area contributed by atoms with Crippen LogP contribution in [0.15, 0.2) is 66.9 Å². The average molecular weight is 615 g/mol. The third-order valence-corrected chi connectivity index (χ3v) is 7.86. The summed E-state index contributed by atoms with van der Waals surface area (Å²) in [6.07, 6.45) is 5.14. The zero-order chi connectivity index (χ0) is 32.9. The summed E-state index contributed by atoms with van der Waals surface area (Å²) < 4.78 is 12.1. The van der Waals surface area contributed by atoms with Gasteiger partial charge in [-0.25, -0.2) is 0 Å². The maximum Gasteiger partial charge on any atom is 0.129 e. The second kappa shape index (κ2) is 14.1. The van der Waals surface area contributed by atoms with Gasteiger partial charge in [-0.05, 0) is 107 Å². The molecule has 2 aromatic carbocycles. The zero-order valence-electron chi connectivity index (χ0n) is 29.6. The van der Waals surface area contributed by atoms with Crippen molar-refractivity contribution in [2.75, 3.05) is 29.9 Å². The molecule has 0 radical (unpaired) electrons. The third kappa shape index (κ3) is 12.0. The second-order valence-electron chi connectivity index (χ2n) is 16.7. The average Bonchev–Trinajstić information content (AvgIpc) is 3.35. The van der Waals surface area contributed by atoms with Gasteiger partial charge < -0.3 is 25.0 Å². The van der Waals surface area contributed by atoms with Crippen LogP contribution in [0.2, 0.25) is 0 Å². The topological polar surface area (TPSA) is 58.7 Å². The summed E-state index contributed by atoms with van der Waals surface area (Å²) >= 11 is 0. The van der Waals surface area contributed by atoms with Crippen molar-refractivity contribution < 1.29 is 9.47 Å². The summed E-state index contributed by atoms with van der Waals surface area (Å²) in [4.78, 5) is 7.35. The Morgan fingerprint density at radius 2 is 1.60 bits per heavy atom. The molecule has 4 rings (SSSR count). The van der Waals surface area contributed by atoms with Gasteiger partial charge in [-0.2, -0.15) is 0 Å². The Labute approximate surface area is 273 Å². The predicted molar refractivity (Wildman–Crippen MR) is 190 cm³/mol. The molecule has 1 atom stereocenters. The number of nitrogens with zero attached hydrogens (tertiary/aromatic N) is 2. The quantitative estimate of drug-likeness (QED) is 0.200. The molecular formula is C39H58N4O2. The van der Waals surface area contributed by atoms with Crippen LogP contribution in [0.4, 0.5) is 11.4 Å². The van der Waals surface area contributed by atoms with Crippen molar-refractivity contribution in [1.29, 1.82) is 0 Å². The van der Waals surface area contributed by atoms with E-state index in [0.717, 1.165) is 61.0 Å². The first kappa shape index (κ1) is 34.8. The van der Waals surface area contributed by atoms with Gasteiger partial charge >= 0.3 is 0 Å². The predicted octanol–water partition coefficient (Wildman–Crippen LogP) is 9.25. The molecule has 1 fully saturated rings. The fourth-order valence-electron chi connectivity index (χ4n) is 6.52. The second-order valence-corrected chi connectivity index (χ2v) is 16.7. The lowest BCUT2D eigenvalue weighted by Gasteiger charge is -2.36. The highest BCUT2D eigenvalue weighted by Gasteiger charge is 2.30. The molecule has 0 aliphatic carbocycles. The lowest BCUT2D eigenvalue weighted by atomic mass is 9.76. The Hall–Kier alpha value is -3.09. The number of pyridine rings is 1. The smallest absolute Gasteiger partial charge is 0.129 e. The first-order valence-corrected chi connectivity index (χ1v) is 16.6. The summed E-state index contributed by atoms with van der Waals surface area (Å²) in [6, 6.07) is 21.4. The fraction of sp³-hybridized carbons (Fsp3) is 0.564. The molecule has 6 heteroatoms. The van der Waals surface area contributed by atoms with Crippen LogP contribution in [-0.2, 0) is 17.8 Å². The number of anilines is 2. The van der Waals surface area contributed by atoms with Gasteiger partial charge in [0.15, 0.2) is 0 Å². The van der Waals surface area contributed by atoms with Gasteiger partial charge in [0.1, 0.15) is 11.5 Å². The SMILES string of the molecule is CC(C)(C)COCc1ccc(Oc2cccc(NC(C)(C)CC(C)(C)Cc3ccc(N4CC[C@@H](NC(C)(C)C)C4)cn3)c2)cc1. The van der Waals surface area contributed by atoms with Crippen molar-refractivity contribution in [3.8, 4) is 11.5 Å². The summed E-state index contributed by atoms with van der Waals surface area (Å²) in [5.74, 6) is 1.63. The molecule has 0 amide bonds. The van der Waals surface area contributed by atoms with Crippen molar-refractivity contribution >= 4 is 11.4 Å². The molecule has 0 spiro atoms.